The van der Waals surface area contributed by atoms with Gasteiger partial charge in [0.25, 0.3) is 17.7 Å². The van der Waals surface area contributed by atoms with E-state index in [9.17, 15) is 24.0 Å². The summed E-state index contributed by atoms with van der Waals surface area (Å²) in [7, 11) is 0. The SMILES string of the molecule is C[C@@H]1CC(C)(C)C[C@]2(C1)NC(=O)N(CC(=O)OCC(=O)NNC(=O)COc1ccc(Cl)cc1)C2=O. The van der Waals surface area contributed by atoms with Crippen LogP contribution in [0, 0.1) is 11.3 Å². The summed E-state index contributed by atoms with van der Waals surface area (Å²) in [5.74, 6) is -2.20. The van der Waals surface area contributed by atoms with Crippen molar-refractivity contribution in [3.8, 4) is 5.75 Å². The zero-order chi connectivity index (χ0) is 25.8. The number of ether oxygens (including phenoxy) is 2. The molecule has 2 aliphatic rings. The zero-order valence-corrected chi connectivity index (χ0v) is 20.6. The number of carbonyl (C=O) groups is 5. The van der Waals surface area contributed by atoms with Gasteiger partial charge in [0.1, 0.15) is 17.8 Å². The van der Waals surface area contributed by atoms with Crippen LogP contribution in [0.5, 0.6) is 5.75 Å². The molecule has 35 heavy (non-hydrogen) atoms. The summed E-state index contributed by atoms with van der Waals surface area (Å²) in [6, 6.07) is 5.70. The van der Waals surface area contributed by atoms with Crippen LogP contribution in [0.1, 0.15) is 40.0 Å². The normalized spacial score (nSPS) is 23.0. The summed E-state index contributed by atoms with van der Waals surface area (Å²) in [4.78, 5) is 62.1. The van der Waals surface area contributed by atoms with Crippen LogP contribution in [0.25, 0.3) is 0 Å². The van der Waals surface area contributed by atoms with Gasteiger partial charge in [-0.1, -0.05) is 32.4 Å². The van der Waals surface area contributed by atoms with Crippen molar-refractivity contribution in [1.82, 2.24) is 21.1 Å². The van der Waals surface area contributed by atoms with E-state index in [1.165, 1.54) is 0 Å². The molecule has 11 nitrogen and oxygen atoms in total. The third kappa shape index (κ3) is 6.84. The van der Waals surface area contributed by atoms with Crippen LogP contribution in [-0.4, -0.2) is 59.9 Å². The Morgan fingerprint density at radius 3 is 2.34 bits per heavy atom. The number of halogens is 1. The molecule has 1 aliphatic carbocycles. The van der Waals surface area contributed by atoms with Gasteiger partial charge >= 0.3 is 12.0 Å². The second kappa shape index (κ2) is 10.5. The Kier molecular flexibility index (Phi) is 7.89. The number of rotatable bonds is 7. The largest absolute Gasteiger partial charge is 0.484 e. The fourth-order valence-electron chi connectivity index (χ4n) is 4.86. The van der Waals surface area contributed by atoms with E-state index in [1.807, 2.05) is 20.8 Å². The molecule has 5 amide bonds. The number of nitrogens with zero attached hydrogens (tertiary/aromatic N) is 1. The van der Waals surface area contributed by atoms with Crippen LogP contribution < -0.4 is 20.9 Å². The average Bonchev–Trinajstić information content (AvgIpc) is 2.97. The molecule has 1 saturated heterocycles. The van der Waals surface area contributed by atoms with E-state index >= 15 is 0 Å². The predicted octanol–water partition coefficient (Wildman–Crippen LogP) is 1.55. The van der Waals surface area contributed by atoms with Gasteiger partial charge in [-0.05, 0) is 54.9 Å². The topological polar surface area (TPSA) is 143 Å². The minimum atomic E-state index is -1.03. The second-order valence-electron chi connectivity index (χ2n) is 9.76. The molecule has 1 heterocycles. The maximum Gasteiger partial charge on any atom is 0.326 e. The first-order valence-electron chi connectivity index (χ1n) is 11.1. The molecule has 1 aromatic rings. The van der Waals surface area contributed by atoms with E-state index in [2.05, 4.69) is 16.2 Å². The number of esters is 1. The molecule has 3 N–H and O–H groups in total. The minimum Gasteiger partial charge on any atom is -0.484 e. The fraction of sp³-hybridized carbons (Fsp3) is 0.522. The lowest BCUT2D eigenvalue weighted by molar-refractivity contribution is -0.152. The Bertz CT molecular complexity index is 1010. The molecule has 3 rings (SSSR count). The molecule has 0 aromatic heterocycles. The molecule has 1 saturated carbocycles. The maximum absolute atomic E-state index is 13.0. The molecular weight excluding hydrogens is 480 g/mol. The number of nitrogens with one attached hydrogen (secondary N) is 3. The highest BCUT2D eigenvalue weighted by molar-refractivity contribution is 6.30. The Hall–Kier alpha value is -3.34. The van der Waals surface area contributed by atoms with Crippen LogP contribution in [0.2, 0.25) is 5.02 Å². The van der Waals surface area contributed by atoms with Crippen molar-refractivity contribution in [3.05, 3.63) is 29.3 Å². The van der Waals surface area contributed by atoms with Gasteiger partial charge in [-0.2, -0.15) is 0 Å². The Balaban J connectivity index is 1.40. The van der Waals surface area contributed by atoms with Gasteiger partial charge in [0.2, 0.25) is 0 Å². The number of carbonyl (C=O) groups excluding carboxylic acids is 5. The molecule has 1 aromatic carbocycles. The van der Waals surface area contributed by atoms with Crippen LogP contribution in [0.15, 0.2) is 24.3 Å². The molecule has 0 bridgehead atoms. The Labute approximate surface area is 207 Å². The number of imide groups is 1. The highest BCUT2D eigenvalue weighted by Crippen LogP contribution is 2.46. The first-order chi connectivity index (χ1) is 16.4. The van der Waals surface area contributed by atoms with Crippen LogP contribution in [-0.2, 0) is 23.9 Å². The first-order valence-corrected chi connectivity index (χ1v) is 11.5. The summed E-state index contributed by atoms with van der Waals surface area (Å²) < 4.78 is 10.1. The van der Waals surface area contributed by atoms with E-state index in [4.69, 9.17) is 21.1 Å². The van der Waals surface area contributed by atoms with Gasteiger partial charge < -0.3 is 14.8 Å². The molecule has 0 radical (unpaired) electrons. The average molecular weight is 509 g/mol. The van der Waals surface area contributed by atoms with E-state index in [0.29, 0.717) is 23.6 Å². The van der Waals surface area contributed by atoms with Crippen molar-refractivity contribution in [2.45, 2.75) is 45.6 Å². The van der Waals surface area contributed by atoms with Crippen molar-refractivity contribution >= 4 is 41.3 Å². The van der Waals surface area contributed by atoms with Crippen molar-refractivity contribution in [3.63, 3.8) is 0 Å². The second-order valence-corrected chi connectivity index (χ2v) is 10.2. The van der Waals surface area contributed by atoms with Crippen LogP contribution in [0.4, 0.5) is 4.79 Å². The van der Waals surface area contributed by atoms with Crippen molar-refractivity contribution in [2.75, 3.05) is 19.8 Å². The monoisotopic (exact) mass is 508 g/mol. The van der Waals surface area contributed by atoms with Gasteiger partial charge in [0.05, 0.1) is 0 Å². The smallest absolute Gasteiger partial charge is 0.326 e. The number of urea groups is 1. The summed E-state index contributed by atoms with van der Waals surface area (Å²) in [5.41, 5.74) is 3.02. The number of amides is 5. The standard InChI is InChI=1S/C23H29ClN4O7/c1-14-8-22(2,3)13-23(9-14)20(32)28(21(33)25-23)10-19(31)35-12-18(30)27-26-17(29)11-34-16-6-4-15(24)5-7-16/h4-7,14H,8-13H2,1-3H3,(H,25,33)(H,26,29)(H,27,30)/t14-,23+/m1/s1. The van der Waals surface area contributed by atoms with E-state index in [1.54, 1.807) is 24.3 Å². The van der Waals surface area contributed by atoms with E-state index in [-0.39, 0.29) is 17.9 Å². The number of hydrazine groups is 1. The quantitative estimate of drug-likeness (QED) is 0.288. The van der Waals surface area contributed by atoms with Gasteiger partial charge in [-0.3, -0.25) is 34.9 Å². The van der Waals surface area contributed by atoms with Gasteiger partial charge in [-0.25, -0.2) is 4.79 Å². The fourth-order valence-corrected chi connectivity index (χ4v) is 4.99. The number of hydrogen-bond acceptors (Lipinski definition) is 7. The lowest BCUT2D eigenvalue weighted by Gasteiger charge is -2.43. The third-order valence-electron chi connectivity index (χ3n) is 5.80. The molecule has 2 atom stereocenters. The first kappa shape index (κ1) is 26.3. The highest BCUT2D eigenvalue weighted by Gasteiger charge is 2.56. The molecule has 12 heteroatoms. The van der Waals surface area contributed by atoms with Crippen LogP contribution in [0.3, 0.4) is 0 Å². The summed E-state index contributed by atoms with van der Waals surface area (Å²) in [6.07, 6.45) is 1.90. The van der Waals surface area contributed by atoms with Crippen molar-refractivity contribution in [1.29, 1.82) is 0 Å². The molecule has 0 unspecified atom stereocenters. The predicted molar refractivity (Wildman–Crippen MR) is 124 cm³/mol. The molecule has 1 aliphatic heterocycles. The molecule has 2 fully saturated rings. The van der Waals surface area contributed by atoms with Crippen LogP contribution >= 0.6 is 11.6 Å². The minimum absolute atomic E-state index is 0.139. The van der Waals surface area contributed by atoms with Gasteiger partial charge in [-0.15, -0.1) is 0 Å². The molecule has 190 valence electrons. The van der Waals surface area contributed by atoms with Crippen molar-refractivity contribution < 1.29 is 33.4 Å². The third-order valence-corrected chi connectivity index (χ3v) is 6.05. The lowest BCUT2D eigenvalue weighted by atomic mass is 9.64. The summed E-state index contributed by atoms with van der Waals surface area (Å²) in [5, 5.41) is 3.29. The van der Waals surface area contributed by atoms with Gasteiger partial charge in [0.15, 0.2) is 13.2 Å². The van der Waals surface area contributed by atoms with E-state index < -0.39 is 48.4 Å². The van der Waals surface area contributed by atoms with Crippen molar-refractivity contribution in [2.24, 2.45) is 11.3 Å². The summed E-state index contributed by atoms with van der Waals surface area (Å²) in [6.45, 7) is 4.42. The van der Waals surface area contributed by atoms with E-state index in [0.717, 1.165) is 11.3 Å². The highest BCUT2D eigenvalue weighted by atomic mass is 35.5. The van der Waals surface area contributed by atoms with Gasteiger partial charge in [0, 0.05) is 5.02 Å². The Morgan fingerprint density at radius 1 is 1.09 bits per heavy atom. The lowest BCUT2D eigenvalue weighted by Crippen LogP contribution is -2.54. The Morgan fingerprint density at radius 2 is 1.71 bits per heavy atom. The summed E-state index contributed by atoms with van der Waals surface area (Å²) >= 11 is 5.76. The maximum atomic E-state index is 13.0. The zero-order valence-electron chi connectivity index (χ0n) is 19.8. The molecule has 1 spiro atoms. The molecular formula is C23H29ClN4O7. The number of hydrogen-bond donors (Lipinski definition) is 3. The number of benzene rings is 1.